The van der Waals surface area contributed by atoms with Crippen molar-refractivity contribution in [2.24, 2.45) is 0 Å². The highest BCUT2D eigenvalue weighted by molar-refractivity contribution is 5.88. The van der Waals surface area contributed by atoms with E-state index in [1.165, 1.54) is 5.56 Å². The highest BCUT2D eigenvalue weighted by Gasteiger charge is 2.20. The molecule has 1 aliphatic rings. The molecule has 0 aliphatic carbocycles. The summed E-state index contributed by atoms with van der Waals surface area (Å²) in [5.41, 5.74) is 2.14. The minimum atomic E-state index is -0.240. The summed E-state index contributed by atoms with van der Waals surface area (Å²) in [7, 11) is 0. The van der Waals surface area contributed by atoms with Gasteiger partial charge in [-0.3, -0.25) is 4.90 Å². The molecule has 0 unspecified atom stereocenters. The SMILES string of the molecule is CCNCc1ccc(N2CCCOC2=O)cc1. The van der Waals surface area contributed by atoms with E-state index in [2.05, 4.69) is 12.2 Å². The minimum Gasteiger partial charge on any atom is -0.449 e. The third-order valence-electron chi connectivity index (χ3n) is 2.80. The van der Waals surface area contributed by atoms with Crippen molar-refractivity contribution >= 4 is 11.8 Å². The third-order valence-corrected chi connectivity index (χ3v) is 2.80. The van der Waals surface area contributed by atoms with Crippen LogP contribution in [0.3, 0.4) is 0 Å². The summed E-state index contributed by atoms with van der Waals surface area (Å²) in [6.07, 6.45) is 0.654. The molecule has 1 saturated heterocycles. The van der Waals surface area contributed by atoms with Gasteiger partial charge in [0.25, 0.3) is 0 Å². The molecule has 1 aromatic carbocycles. The Kier molecular flexibility index (Phi) is 3.98. The monoisotopic (exact) mass is 234 g/mol. The summed E-state index contributed by atoms with van der Waals surface area (Å²) in [4.78, 5) is 13.2. The quantitative estimate of drug-likeness (QED) is 0.867. The van der Waals surface area contributed by atoms with E-state index in [4.69, 9.17) is 4.74 Å². The van der Waals surface area contributed by atoms with E-state index >= 15 is 0 Å². The lowest BCUT2D eigenvalue weighted by molar-refractivity contribution is 0.140. The highest BCUT2D eigenvalue weighted by Crippen LogP contribution is 2.19. The van der Waals surface area contributed by atoms with Gasteiger partial charge in [-0.2, -0.15) is 0 Å². The van der Waals surface area contributed by atoms with Crippen LogP contribution in [0.2, 0.25) is 0 Å². The van der Waals surface area contributed by atoms with Crippen LogP contribution in [0.25, 0.3) is 0 Å². The number of benzene rings is 1. The lowest BCUT2D eigenvalue weighted by atomic mass is 10.2. The molecule has 1 N–H and O–H groups in total. The fourth-order valence-corrected chi connectivity index (χ4v) is 1.85. The zero-order valence-corrected chi connectivity index (χ0v) is 10.1. The number of cyclic esters (lactones) is 1. The van der Waals surface area contributed by atoms with Gasteiger partial charge >= 0.3 is 6.09 Å². The smallest absolute Gasteiger partial charge is 0.414 e. The Hall–Kier alpha value is -1.55. The maximum atomic E-state index is 11.5. The van der Waals surface area contributed by atoms with Gasteiger partial charge in [0.2, 0.25) is 0 Å². The minimum absolute atomic E-state index is 0.240. The van der Waals surface area contributed by atoms with Crippen LogP contribution in [0.5, 0.6) is 0 Å². The molecule has 1 heterocycles. The predicted molar refractivity (Wildman–Crippen MR) is 67.1 cm³/mol. The predicted octanol–water partition coefficient (Wildman–Crippen LogP) is 2.14. The fraction of sp³-hybridized carbons (Fsp3) is 0.462. The van der Waals surface area contributed by atoms with Crippen LogP contribution in [-0.4, -0.2) is 25.8 Å². The molecular weight excluding hydrogens is 216 g/mol. The number of carbonyl (C=O) groups excluding carboxylic acids is 1. The molecular formula is C13H18N2O2. The number of rotatable bonds is 4. The Labute approximate surface area is 102 Å². The molecule has 0 radical (unpaired) electrons. The Morgan fingerprint density at radius 1 is 1.35 bits per heavy atom. The average molecular weight is 234 g/mol. The lowest BCUT2D eigenvalue weighted by Crippen LogP contribution is -2.37. The van der Waals surface area contributed by atoms with Crippen LogP contribution >= 0.6 is 0 Å². The van der Waals surface area contributed by atoms with Crippen molar-refractivity contribution in [2.75, 3.05) is 24.6 Å². The normalized spacial score (nSPS) is 15.8. The molecule has 4 nitrogen and oxygen atoms in total. The standard InChI is InChI=1S/C13H18N2O2/c1-2-14-10-11-4-6-12(7-5-11)15-8-3-9-17-13(15)16/h4-7,14H,2-3,8-10H2,1H3. The van der Waals surface area contributed by atoms with Crippen molar-refractivity contribution in [1.29, 1.82) is 0 Å². The van der Waals surface area contributed by atoms with Gasteiger partial charge < -0.3 is 10.1 Å². The Bertz CT molecular complexity index is 376. The first-order chi connectivity index (χ1) is 8.31. The summed E-state index contributed by atoms with van der Waals surface area (Å²) in [5, 5.41) is 3.27. The molecule has 1 fully saturated rings. The number of nitrogens with one attached hydrogen (secondary N) is 1. The van der Waals surface area contributed by atoms with Crippen molar-refractivity contribution in [3.05, 3.63) is 29.8 Å². The topological polar surface area (TPSA) is 41.6 Å². The summed E-state index contributed by atoms with van der Waals surface area (Å²) >= 11 is 0. The molecule has 1 aromatic rings. The van der Waals surface area contributed by atoms with E-state index in [0.717, 1.165) is 31.7 Å². The number of amides is 1. The molecule has 0 atom stereocenters. The number of hydrogen-bond acceptors (Lipinski definition) is 3. The molecule has 4 heteroatoms. The molecule has 1 aliphatic heterocycles. The molecule has 0 aromatic heterocycles. The summed E-state index contributed by atoms with van der Waals surface area (Å²) in [6.45, 7) is 5.18. The van der Waals surface area contributed by atoms with Gasteiger partial charge in [-0.05, 0) is 30.7 Å². The second-order valence-corrected chi connectivity index (χ2v) is 4.07. The molecule has 1 amide bonds. The van der Waals surface area contributed by atoms with E-state index in [0.29, 0.717) is 6.61 Å². The van der Waals surface area contributed by atoms with Crippen molar-refractivity contribution in [2.45, 2.75) is 19.9 Å². The Morgan fingerprint density at radius 2 is 2.12 bits per heavy atom. The first-order valence-electron chi connectivity index (χ1n) is 6.05. The van der Waals surface area contributed by atoms with Gasteiger partial charge in [0.15, 0.2) is 0 Å². The van der Waals surface area contributed by atoms with E-state index < -0.39 is 0 Å². The van der Waals surface area contributed by atoms with Crippen molar-refractivity contribution < 1.29 is 9.53 Å². The third kappa shape index (κ3) is 2.97. The van der Waals surface area contributed by atoms with Crippen molar-refractivity contribution in [1.82, 2.24) is 5.32 Å². The summed E-state index contributed by atoms with van der Waals surface area (Å²) in [5.74, 6) is 0. The second-order valence-electron chi connectivity index (χ2n) is 4.07. The number of ether oxygens (including phenoxy) is 1. The first-order valence-corrected chi connectivity index (χ1v) is 6.05. The van der Waals surface area contributed by atoms with Crippen LogP contribution in [0.1, 0.15) is 18.9 Å². The van der Waals surface area contributed by atoms with E-state index in [1.54, 1.807) is 4.90 Å². The average Bonchev–Trinajstić information content (AvgIpc) is 2.38. The number of hydrogen-bond donors (Lipinski definition) is 1. The zero-order chi connectivity index (χ0) is 12.1. The lowest BCUT2D eigenvalue weighted by Gasteiger charge is -2.26. The second kappa shape index (κ2) is 5.68. The van der Waals surface area contributed by atoms with E-state index in [1.807, 2.05) is 24.3 Å². The molecule has 92 valence electrons. The summed E-state index contributed by atoms with van der Waals surface area (Å²) in [6, 6.07) is 8.03. The van der Waals surface area contributed by atoms with Crippen LogP contribution < -0.4 is 10.2 Å². The van der Waals surface area contributed by atoms with Crippen molar-refractivity contribution in [3.8, 4) is 0 Å². The molecule has 2 rings (SSSR count). The van der Waals surface area contributed by atoms with Crippen LogP contribution in [0, 0.1) is 0 Å². The van der Waals surface area contributed by atoms with Gasteiger partial charge in [0, 0.05) is 18.8 Å². The fourth-order valence-electron chi connectivity index (χ4n) is 1.85. The number of anilines is 1. The van der Waals surface area contributed by atoms with Crippen LogP contribution in [0.15, 0.2) is 24.3 Å². The molecule has 17 heavy (non-hydrogen) atoms. The van der Waals surface area contributed by atoms with E-state index in [-0.39, 0.29) is 6.09 Å². The molecule has 0 saturated carbocycles. The van der Waals surface area contributed by atoms with Gasteiger partial charge in [-0.15, -0.1) is 0 Å². The zero-order valence-electron chi connectivity index (χ0n) is 10.1. The maximum absolute atomic E-state index is 11.5. The highest BCUT2D eigenvalue weighted by atomic mass is 16.6. The number of nitrogens with zero attached hydrogens (tertiary/aromatic N) is 1. The Balaban J connectivity index is 2.03. The largest absolute Gasteiger partial charge is 0.449 e. The molecule has 0 spiro atoms. The van der Waals surface area contributed by atoms with Gasteiger partial charge in [-0.25, -0.2) is 4.79 Å². The van der Waals surface area contributed by atoms with Crippen LogP contribution in [0.4, 0.5) is 10.5 Å². The van der Waals surface area contributed by atoms with Crippen LogP contribution in [-0.2, 0) is 11.3 Å². The van der Waals surface area contributed by atoms with E-state index in [9.17, 15) is 4.79 Å². The molecule has 0 bridgehead atoms. The maximum Gasteiger partial charge on any atom is 0.414 e. The number of carbonyl (C=O) groups is 1. The van der Waals surface area contributed by atoms with Gasteiger partial charge in [0.1, 0.15) is 0 Å². The first kappa shape index (κ1) is 11.9. The van der Waals surface area contributed by atoms with Gasteiger partial charge in [-0.1, -0.05) is 19.1 Å². The Morgan fingerprint density at radius 3 is 2.76 bits per heavy atom. The van der Waals surface area contributed by atoms with Gasteiger partial charge in [0.05, 0.1) is 6.61 Å². The van der Waals surface area contributed by atoms with Crippen molar-refractivity contribution in [3.63, 3.8) is 0 Å². The summed E-state index contributed by atoms with van der Waals surface area (Å²) < 4.78 is 5.01.